The lowest BCUT2D eigenvalue weighted by molar-refractivity contribution is -0.120. The van der Waals surface area contributed by atoms with Gasteiger partial charge < -0.3 is 15.0 Å². The Balaban J connectivity index is 1.48. The van der Waals surface area contributed by atoms with Crippen molar-refractivity contribution in [3.8, 4) is 5.75 Å². The number of carbonyl (C=O) groups is 1. The molecule has 7 nitrogen and oxygen atoms in total. The number of methoxy groups -OCH3 is 1. The van der Waals surface area contributed by atoms with Crippen molar-refractivity contribution in [1.29, 1.82) is 0 Å². The Kier molecular flexibility index (Phi) is 4.62. The van der Waals surface area contributed by atoms with Crippen molar-refractivity contribution >= 4 is 23.2 Å². The summed E-state index contributed by atoms with van der Waals surface area (Å²) in [4.78, 5) is 14.7. The Morgan fingerprint density at radius 2 is 2.19 bits per heavy atom. The first-order valence-electron chi connectivity index (χ1n) is 8.85. The molecule has 0 saturated carbocycles. The van der Waals surface area contributed by atoms with Gasteiger partial charge in [-0.25, -0.2) is 4.39 Å². The van der Waals surface area contributed by atoms with Crippen LogP contribution in [0.3, 0.4) is 0 Å². The van der Waals surface area contributed by atoms with Crippen molar-refractivity contribution in [3.05, 3.63) is 48.4 Å². The number of piperidine rings is 1. The molecule has 3 heterocycles. The van der Waals surface area contributed by atoms with E-state index in [1.54, 1.807) is 6.07 Å². The Morgan fingerprint density at radius 3 is 3.00 bits per heavy atom. The number of aromatic nitrogens is 3. The zero-order valence-corrected chi connectivity index (χ0v) is 14.9. The number of hydrogen-bond acceptors (Lipinski definition) is 5. The summed E-state index contributed by atoms with van der Waals surface area (Å²) in [6.45, 7) is 1.36. The molecule has 1 saturated heterocycles. The van der Waals surface area contributed by atoms with Crippen LogP contribution < -0.4 is 15.0 Å². The third kappa shape index (κ3) is 3.42. The second-order valence-electron chi connectivity index (χ2n) is 6.55. The summed E-state index contributed by atoms with van der Waals surface area (Å²) in [5.74, 6) is 0.0441. The molecule has 8 heteroatoms. The molecule has 2 aromatic heterocycles. The molecule has 1 amide bonds. The van der Waals surface area contributed by atoms with E-state index < -0.39 is 5.82 Å². The standard InChI is InChI=1S/C19H20FN5O2/c1-27-16-8-7-14(11-15(16)20)21-18(26)13-5-4-9-24(12-13)19-23-22-17-6-2-3-10-25(17)19/h2-3,6-8,10-11,13H,4-5,9,12H2,1H3,(H,21,26)/t13-/m1/s1. The van der Waals surface area contributed by atoms with E-state index in [2.05, 4.69) is 20.4 Å². The summed E-state index contributed by atoms with van der Waals surface area (Å²) in [5, 5.41) is 11.2. The molecule has 1 aliphatic rings. The molecular weight excluding hydrogens is 349 g/mol. The summed E-state index contributed by atoms with van der Waals surface area (Å²) in [5.41, 5.74) is 1.19. The maximum absolute atomic E-state index is 13.8. The van der Waals surface area contributed by atoms with Gasteiger partial charge in [-0.2, -0.15) is 0 Å². The highest BCUT2D eigenvalue weighted by Crippen LogP contribution is 2.25. The number of pyridine rings is 1. The van der Waals surface area contributed by atoms with Crippen molar-refractivity contribution in [2.75, 3.05) is 30.4 Å². The van der Waals surface area contributed by atoms with E-state index in [-0.39, 0.29) is 17.6 Å². The van der Waals surface area contributed by atoms with Gasteiger partial charge in [0.15, 0.2) is 17.2 Å². The fraction of sp³-hybridized carbons (Fsp3) is 0.316. The monoisotopic (exact) mass is 369 g/mol. The fourth-order valence-electron chi connectivity index (χ4n) is 3.41. The van der Waals surface area contributed by atoms with Gasteiger partial charge in [-0.1, -0.05) is 6.07 Å². The molecule has 1 atom stereocenters. The van der Waals surface area contributed by atoms with E-state index in [1.165, 1.54) is 19.2 Å². The van der Waals surface area contributed by atoms with Gasteiger partial charge in [-0.3, -0.25) is 9.20 Å². The minimum atomic E-state index is -0.504. The van der Waals surface area contributed by atoms with E-state index in [1.807, 2.05) is 28.8 Å². The van der Waals surface area contributed by atoms with E-state index >= 15 is 0 Å². The van der Waals surface area contributed by atoms with Gasteiger partial charge in [0.05, 0.1) is 13.0 Å². The van der Waals surface area contributed by atoms with E-state index in [0.29, 0.717) is 12.2 Å². The number of hydrogen-bond donors (Lipinski definition) is 1. The summed E-state index contributed by atoms with van der Waals surface area (Å²) >= 11 is 0. The Hall–Kier alpha value is -3.16. The SMILES string of the molecule is COc1ccc(NC(=O)[C@@H]2CCCN(c3nnc4ccccn34)C2)cc1F. The molecule has 140 valence electrons. The third-order valence-electron chi connectivity index (χ3n) is 4.79. The van der Waals surface area contributed by atoms with Crippen molar-refractivity contribution < 1.29 is 13.9 Å². The molecule has 1 aromatic carbocycles. The van der Waals surface area contributed by atoms with E-state index in [4.69, 9.17) is 4.74 Å². The van der Waals surface area contributed by atoms with Crippen molar-refractivity contribution in [3.63, 3.8) is 0 Å². The van der Waals surface area contributed by atoms with Crippen LogP contribution in [0.5, 0.6) is 5.75 Å². The smallest absolute Gasteiger partial charge is 0.231 e. The van der Waals surface area contributed by atoms with Gasteiger partial charge in [0.2, 0.25) is 11.9 Å². The highest BCUT2D eigenvalue weighted by atomic mass is 19.1. The number of fused-ring (bicyclic) bond motifs is 1. The number of rotatable bonds is 4. The molecule has 0 bridgehead atoms. The zero-order chi connectivity index (χ0) is 18.8. The molecular formula is C19H20FN5O2. The average molecular weight is 369 g/mol. The maximum atomic E-state index is 13.8. The molecule has 0 spiro atoms. The number of nitrogens with zero attached hydrogens (tertiary/aromatic N) is 4. The minimum absolute atomic E-state index is 0.127. The van der Waals surface area contributed by atoms with Crippen LogP contribution in [0.15, 0.2) is 42.6 Å². The van der Waals surface area contributed by atoms with Crippen LogP contribution in [0.1, 0.15) is 12.8 Å². The van der Waals surface area contributed by atoms with Gasteiger partial charge in [0.25, 0.3) is 0 Å². The van der Waals surface area contributed by atoms with Crippen LogP contribution in [0, 0.1) is 11.7 Å². The van der Waals surface area contributed by atoms with Gasteiger partial charge >= 0.3 is 0 Å². The quantitative estimate of drug-likeness (QED) is 0.766. The van der Waals surface area contributed by atoms with Crippen LogP contribution in [-0.2, 0) is 4.79 Å². The minimum Gasteiger partial charge on any atom is -0.494 e. The summed E-state index contributed by atoms with van der Waals surface area (Å²) < 4.78 is 20.7. The summed E-state index contributed by atoms with van der Waals surface area (Å²) in [6.07, 6.45) is 3.56. The number of ether oxygens (including phenoxy) is 1. The number of halogens is 1. The Bertz CT molecular complexity index is 974. The lowest BCUT2D eigenvalue weighted by Crippen LogP contribution is -2.41. The highest BCUT2D eigenvalue weighted by Gasteiger charge is 2.28. The van der Waals surface area contributed by atoms with E-state index in [0.717, 1.165) is 31.0 Å². The van der Waals surface area contributed by atoms with Crippen LogP contribution in [0.25, 0.3) is 5.65 Å². The number of benzene rings is 1. The number of anilines is 2. The number of nitrogens with one attached hydrogen (secondary N) is 1. The third-order valence-corrected chi connectivity index (χ3v) is 4.79. The lowest BCUT2D eigenvalue weighted by Gasteiger charge is -2.32. The molecule has 0 radical (unpaired) electrons. The molecule has 3 aromatic rings. The first-order valence-corrected chi connectivity index (χ1v) is 8.85. The zero-order valence-electron chi connectivity index (χ0n) is 14.9. The molecule has 1 N–H and O–H groups in total. The van der Waals surface area contributed by atoms with E-state index in [9.17, 15) is 9.18 Å². The van der Waals surface area contributed by atoms with Gasteiger partial charge in [0.1, 0.15) is 0 Å². The van der Waals surface area contributed by atoms with Gasteiger partial charge in [-0.05, 0) is 37.1 Å². The van der Waals surface area contributed by atoms with Crippen LogP contribution in [0.4, 0.5) is 16.0 Å². The fourth-order valence-corrected chi connectivity index (χ4v) is 3.41. The molecule has 0 unspecified atom stereocenters. The number of carbonyl (C=O) groups excluding carboxylic acids is 1. The average Bonchev–Trinajstić information content (AvgIpc) is 3.12. The highest BCUT2D eigenvalue weighted by molar-refractivity contribution is 5.93. The van der Waals surface area contributed by atoms with Crippen molar-refractivity contribution in [2.24, 2.45) is 5.92 Å². The topological polar surface area (TPSA) is 71.8 Å². The predicted octanol–water partition coefficient (Wildman–Crippen LogP) is 2.73. The molecule has 4 rings (SSSR count). The van der Waals surface area contributed by atoms with Crippen LogP contribution in [-0.4, -0.2) is 40.7 Å². The first-order chi connectivity index (χ1) is 13.2. The number of amides is 1. The predicted molar refractivity (Wildman–Crippen MR) is 99.5 cm³/mol. The maximum Gasteiger partial charge on any atom is 0.231 e. The Labute approximate surface area is 155 Å². The van der Waals surface area contributed by atoms with Crippen molar-refractivity contribution in [1.82, 2.24) is 14.6 Å². The summed E-state index contributed by atoms with van der Waals surface area (Å²) in [7, 11) is 1.40. The molecule has 1 aliphatic heterocycles. The van der Waals surface area contributed by atoms with Crippen LogP contribution >= 0.6 is 0 Å². The molecule has 27 heavy (non-hydrogen) atoms. The summed E-state index contributed by atoms with van der Waals surface area (Å²) in [6, 6.07) is 10.1. The molecule has 0 aliphatic carbocycles. The van der Waals surface area contributed by atoms with Gasteiger partial charge in [-0.15, -0.1) is 10.2 Å². The first kappa shape index (κ1) is 17.3. The lowest BCUT2D eigenvalue weighted by atomic mass is 9.97. The molecule has 1 fully saturated rings. The normalized spacial score (nSPS) is 17.1. The van der Waals surface area contributed by atoms with Crippen molar-refractivity contribution in [2.45, 2.75) is 12.8 Å². The Morgan fingerprint density at radius 1 is 1.30 bits per heavy atom. The second-order valence-corrected chi connectivity index (χ2v) is 6.55. The van der Waals surface area contributed by atoms with Gasteiger partial charge in [0, 0.05) is 31.0 Å². The largest absolute Gasteiger partial charge is 0.494 e. The van der Waals surface area contributed by atoms with Crippen LogP contribution in [0.2, 0.25) is 0 Å². The second kappa shape index (κ2) is 7.22.